The van der Waals surface area contributed by atoms with E-state index < -0.39 is 23.2 Å². The first-order chi connectivity index (χ1) is 11.1. The standard InChI is InChI=1S/C16H27ClN2O5/c1-15(2,3)24-14(22)19-10-7-16(8-11-19,13(21)23-4)18-12(20)6-5-9-17/h5-11H2,1-4H3,(H,18,20). The summed E-state index contributed by atoms with van der Waals surface area (Å²) < 4.78 is 10.2. The quantitative estimate of drug-likeness (QED) is 0.597. The van der Waals surface area contributed by atoms with Crippen molar-refractivity contribution in [1.29, 1.82) is 0 Å². The lowest BCUT2D eigenvalue weighted by Crippen LogP contribution is -2.61. The second-order valence-electron chi connectivity index (χ2n) is 6.88. The minimum Gasteiger partial charge on any atom is -0.467 e. The van der Waals surface area contributed by atoms with Crippen molar-refractivity contribution in [3.63, 3.8) is 0 Å². The Bertz CT molecular complexity index is 468. The van der Waals surface area contributed by atoms with Crippen LogP contribution >= 0.6 is 11.6 Å². The number of likely N-dealkylation sites (tertiary alicyclic amines) is 1. The summed E-state index contributed by atoms with van der Waals surface area (Å²) in [6, 6.07) is 0. The summed E-state index contributed by atoms with van der Waals surface area (Å²) in [7, 11) is 1.29. The molecular weight excluding hydrogens is 336 g/mol. The molecule has 1 N–H and O–H groups in total. The number of alkyl halides is 1. The summed E-state index contributed by atoms with van der Waals surface area (Å²) in [5.74, 6) is -0.359. The lowest BCUT2D eigenvalue weighted by molar-refractivity contribution is -0.153. The average Bonchev–Trinajstić information content (AvgIpc) is 2.51. The third-order valence-corrected chi connectivity index (χ3v) is 4.03. The summed E-state index contributed by atoms with van der Waals surface area (Å²) in [4.78, 5) is 37.9. The Hall–Kier alpha value is -1.50. The highest BCUT2D eigenvalue weighted by atomic mass is 35.5. The van der Waals surface area contributed by atoms with E-state index in [1.54, 1.807) is 20.8 Å². The van der Waals surface area contributed by atoms with Gasteiger partial charge in [-0.3, -0.25) is 4.79 Å². The molecule has 0 radical (unpaired) electrons. The molecular formula is C16H27ClN2O5. The summed E-state index contributed by atoms with van der Waals surface area (Å²) in [6.07, 6.45) is 0.929. The molecule has 1 heterocycles. The van der Waals surface area contributed by atoms with Crippen molar-refractivity contribution in [2.45, 2.75) is 57.6 Å². The number of carbonyl (C=O) groups is 3. The smallest absolute Gasteiger partial charge is 0.410 e. The van der Waals surface area contributed by atoms with Crippen molar-refractivity contribution in [3.8, 4) is 0 Å². The Morgan fingerprint density at radius 1 is 1.21 bits per heavy atom. The summed E-state index contributed by atoms with van der Waals surface area (Å²) >= 11 is 5.59. The SMILES string of the molecule is COC(=O)C1(NC(=O)CCCCl)CCN(C(=O)OC(C)(C)C)CC1. The number of piperidine rings is 1. The second-order valence-corrected chi connectivity index (χ2v) is 7.26. The number of nitrogens with zero attached hydrogens (tertiary/aromatic N) is 1. The van der Waals surface area contributed by atoms with Gasteiger partial charge < -0.3 is 19.7 Å². The summed E-state index contributed by atoms with van der Waals surface area (Å²) in [5.41, 5.74) is -1.68. The van der Waals surface area contributed by atoms with Crippen LogP contribution < -0.4 is 5.32 Å². The predicted molar refractivity (Wildman–Crippen MR) is 89.9 cm³/mol. The van der Waals surface area contributed by atoms with Gasteiger partial charge in [-0.15, -0.1) is 11.6 Å². The third kappa shape index (κ3) is 5.85. The van der Waals surface area contributed by atoms with Crippen LogP contribution in [0.25, 0.3) is 0 Å². The first-order valence-electron chi connectivity index (χ1n) is 8.07. The van der Waals surface area contributed by atoms with Crippen LogP contribution in [0, 0.1) is 0 Å². The maximum atomic E-state index is 12.2. The lowest BCUT2D eigenvalue weighted by atomic mass is 9.87. The van der Waals surface area contributed by atoms with Gasteiger partial charge in [0.2, 0.25) is 5.91 Å². The maximum Gasteiger partial charge on any atom is 0.410 e. The Morgan fingerprint density at radius 2 is 1.79 bits per heavy atom. The number of rotatable bonds is 5. The van der Waals surface area contributed by atoms with Crippen LogP contribution in [0.5, 0.6) is 0 Å². The maximum absolute atomic E-state index is 12.2. The van der Waals surface area contributed by atoms with Gasteiger partial charge >= 0.3 is 12.1 Å². The Balaban J connectivity index is 2.72. The first-order valence-corrected chi connectivity index (χ1v) is 8.60. The van der Waals surface area contributed by atoms with E-state index in [0.717, 1.165) is 0 Å². The van der Waals surface area contributed by atoms with Crippen LogP contribution in [-0.2, 0) is 19.1 Å². The summed E-state index contributed by atoms with van der Waals surface area (Å²) in [5, 5.41) is 2.77. The fraction of sp³-hybridized carbons (Fsp3) is 0.812. The minimum absolute atomic E-state index is 0.244. The molecule has 1 rings (SSSR count). The largest absolute Gasteiger partial charge is 0.467 e. The van der Waals surface area contributed by atoms with Gasteiger partial charge in [0.15, 0.2) is 0 Å². The number of ether oxygens (including phenoxy) is 2. The van der Waals surface area contributed by atoms with Crippen molar-refractivity contribution in [2.75, 3.05) is 26.1 Å². The summed E-state index contributed by atoms with van der Waals surface area (Å²) in [6.45, 7) is 6.00. The molecule has 7 nitrogen and oxygen atoms in total. The van der Waals surface area contributed by atoms with Crippen LogP contribution in [0.2, 0.25) is 0 Å². The Labute approximate surface area is 148 Å². The van der Waals surface area contributed by atoms with Gasteiger partial charge in [0.25, 0.3) is 0 Å². The normalized spacial score (nSPS) is 17.1. The number of carbonyl (C=O) groups excluding carboxylic acids is 3. The molecule has 0 bridgehead atoms. The molecule has 0 atom stereocenters. The van der Waals surface area contributed by atoms with E-state index in [9.17, 15) is 14.4 Å². The van der Waals surface area contributed by atoms with Gasteiger partial charge in [-0.05, 0) is 40.0 Å². The van der Waals surface area contributed by atoms with Gasteiger partial charge in [0, 0.05) is 25.4 Å². The van der Waals surface area contributed by atoms with E-state index in [4.69, 9.17) is 21.1 Å². The fourth-order valence-electron chi connectivity index (χ4n) is 2.53. The Kier molecular flexibility index (Phi) is 7.32. The van der Waals surface area contributed by atoms with E-state index in [2.05, 4.69) is 5.32 Å². The van der Waals surface area contributed by atoms with Gasteiger partial charge in [0.1, 0.15) is 11.1 Å². The minimum atomic E-state index is -1.10. The van der Waals surface area contributed by atoms with Crippen LogP contribution in [0.15, 0.2) is 0 Å². The van der Waals surface area contributed by atoms with E-state index >= 15 is 0 Å². The molecule has 0 spiro atoms. The van der Waals surface area contributed by atoms with E-state index in [-0.39, 0.29) is 25.2 Å². The Morgan fingerprint density at radius 3 is 2.25 bits per heavy atom. The van der Waals surface area contributed by atoms with Crippen LogP contribution in [0.3, 0.4) is 0 Å². The zero-order valence-electron chi connectivity index (χ0n) is 14.8. The zero-order valence-corrected chi connectivity index (χ0v) is 15.6. The van der Waals surface area contributed by atoms with Crippen LogP contribution in [0.1, 0.15) is 46.5 Å². The number of halogens is 1. The van der Waals surface area contributed by atoms with Crippen molar-refractivity contribution < 1.29 is 23.9 Å². The molecule has 0 aromatic heterocycles. The topological polar surface area (TPSA) is 84.9 Å². The van der Waals surface area contributed by atoms with E-state index in [1.165, 1.54) is 12.0 Å². The van der Waals surface area contributed by atoms with Crippen molar-refractivity contribution in [3.05, 3.63) is 0 Å². The highest BCUT2D eigenvalue weighted by Gasteiger charge is 2.45. The molecule has 0 saturated carbocycles. The predicted octanol–water partition coefficient (Wildman–Crippen LogP) is 2.06. The molecule has 138 valence electrons. The average molecular weight is 363 g/mol. The molecule has 8 heteroatoms. The number of nitrogens with one attached hydrogen (secondary N) is 1. The van der Waals surface area contributed by atoms with Crippen LogP contribution in [-0.4, -0.2) is 60.1 Å². The molecule has 1 aliphatic heterocycles. The van der Waals surface area contributed by atoms with Crippen molar-refractivity contribution in [2.24, 2.45) is 0 Å². The van der Waals surface area contributed by atoms with Gasteiger partial charge in [-0.2, -0.15) is 0 Å². The molecule has 1 saturated heterocycles. The lowest BCUT2D eigenvalue weighted by Gasteiger charge is -2.40. The molecule has 0 aromatic rings. The van der Waals surface area contributed by atoms with Gasteiger partial charge in [-0.25, -0.2) is 9.59 Å². The molecule has 1 aliphatic rings. The van der Waals surface area contributed by atoms with Crippen LogP contribution in [0.4, 0.5) is 4.79 Å². The van der Waals surface area contributed by atoms with Crippen molar-refractivity contribution in [1.82, 2.24) is 10.2 Å². The van der Waals surface area contributed by atoms with Gasteiger partial charge in [-0.1, -0.05) is 0 Å². The molecule has 0 aromatic carbocycles. The second kappa shape index (κ2) is 8.55. The molecule has 2 amide bonds. The number of amides is 2. The van der Waals surface area contributed by atoms with Crippen molar-refractivity contribution >= 4 is 29.6 Å². The number of hydrogen-bond acceptors (Lipinski definition) is 5. The number of methoxy groups -OCH3 is 1. The molecule has 0 unspecified atom stereocenters. The molecule has 24 heavy (non-hydrogen) atoms. The van der Waals surface area contributed by atoms with E-state index in [0.29, 0.717) is 25.4 Å². The first kappa shape index (κ1) is 20.5. The zero-order chi connectivity index (χ0) is 18.4. The van der Waals surface area contributed by atoms with Gasteiger partial charge in [0.05, 0.1) is 7.11 Å². The van der Waals surface area contributed by atoms with E-state index in [1.807, 2.05) is 0 Å². The molecule has 0 aliphatic carbocycles. The number of hydrogen-bond donors (Lipinski definition) is 1. The third-order valence-electron chi connectivity index (χ3n) is 3.76. The highest BCUT2D eigenvalue weighted by molar-refractivity contribution is 6.17. The molecule has 1 fully saturated rings. The highest BCUT2D eigenvalue weighted by Crippen LogP contribution is 2.25. The fourth-order valence-corrected chi connectivity index (χ4v) is 2.66. The number of esters is 1. The monoisotopic (exact) mass is 362 g/mol.